The Kier molecular flexibility index (Phi) is 8.02. The van der Waals surface area contributed by atoms with Crippen LogP contribution in [-0.4, -0.2) is 66.3 Å². The van der Waals surface area contributed by atoms with E-state index in [1.54, 1.807) is 23.2 Å². The van der Waals surface area contributed by atoms with E-state index in [1.165, 1.54) is 6.07 Å². The summed E-state index contributed by atoms with van der Waals surface area (Å²) in [6, 6.07) is 8.47. The Morgan fingerprint density at radius 2 is 1.97 bits per heavy atom. The Hall–Kier alpha value is -3.20. The highest BCUT2D eigenvalue weighted by Gasteiger charge is 2.43. The summed E-state index contributed by atoms with van der Waals surface area (Å²) in [5.41, 5.74) is -0.157. The number of benzene rings is 1. The fourth-order valence-corrected chi connectivity index (χ4v) is 5.04. The number of rotatable bonds is 6. The van der Waals surface area contributed by atoms with Crippen LogP contribution in [0.15, 0.2) is 36.5 Å². The van der Waals surface area contributed by atoms with E-state index < -0.39 is 16.8 Å². The second kappa shape index (κ2) is 11.0. The zero-order valence-electron chi connectivity index (χ0n) is 22.1. The summed E-state index contributed by atoms with van der Waals surface area (Å²) in [5.74, 6) is -0.0877. The van der Waals surface area contributed by atoms with Crippen molar-refractivity contribution in [1.82, 2.24) is 20.5 Å². The highest BCUT2D eigenvalue weighted by atomic mass is 19.1. The Labute approximate surface area is 217 Å². The number of amides is 2. The molecular weight excluding hydrogens is 475 g/mol. The molecule has 0 bridgehead atoms. The molecule has 2 aromatic rings. The van der Waals surface area contributed by atoms with Crippen LogP contribution in [0.4, 0.5) is 9.18 Å². The quantitative estimate of drug-likeness (QED) is 0.607. The van der Waals surface area contributed by atoms with Gasteiger partial charge in [-0.3, -0.25) is 9.78 Å². The third-order valence-corrected chi connectivity index (χ3v) is 6.90. The van der Waals surface area contributed by atoms with Crippen LogP contribution in [0.2, 0.25) is 0 Å². The molecule has 8 nitrogen and oxygen atoms in total. The van der Waals surface area contributed by atoms with Gasteiger partial charge in [0.25, 0.3) is 0 Å². The zero-order chi connectivity index (χ0) is 26.6. The molecule has 37 heavy (non-hydrogen) atoms. The highest BCUT2D eigenvalue weighted by molar-refractivity contribution is 5.89. The highest BCUT2D eigenvalue weighted by Crippen LogP contribution is 2.37. The minimum atomic E-state index is -0.906. The second-order valence-electron chi connectivity index (χ2n) is 10.7. The van der Waals surface area contributed by atoms with E-state index in [-0.39, 0.29) is 23.7 Å². The van der Waals surface area contributed by atoms with Crippen LogP contribution >= 0.6 is 0 Å². The predicted octanol–water partition coefficient (Wildman–Crippen LogP) is 4.03. The van der Waals surface area contributed by atoms with Gasteiger partial charge in [0.1, 0.15) is 22.9 Å². The fraction of sp³-hybridized carbons (Fsp3) is 0.536. The molecule has 4 rings (SSSR count). The summed E-state index contributed by atoms with van der Waals surface area (Å²) in [5, 5.41) is 6.44. The minimum absolute atomic E-state index is 0.159. The van der Waals surface area contributed by atoms with Crippen molar-refractivity contribution in [3.05, 3.63) is 47.9 Å². The van der Waals surface area contributed by atoms with Gasteiger partial charge in [-0.15, -0.1) is 0 Å². The summed E-state index contributed by atoms with van der Waals surface area (Å²) in [4.78, 5) is 32.3. The van der Waals surface area contributed by atoms with Gasteiger partial charge in [-0.05, 0) is 83.8 Å². The Morgan fingerprint density at radius 3 is 2.65 bits per heavy atom. The Balaban J connectivity index is 1.54. The lowest BCUT2D eigenvalue weighted by molar-refractivity contribution is -0.128. The van der Waals surface area contributed by atoms with Crippen LogP contribution in [0.3, 0.4) is 0 Å². The molecule has 1 aromatic heterocycles. The lowest BCUT2D eigenvalue weighted by atomic mass is 9.72. The molecule has 0 radical (unpaired) electrons. The first-order valence-corrected chi connectivity index (χ1v) is 13.0. The maximum Gasteiger partial charge on any atom is 0.410 e. The Morgan fingerprint density at radius 1 is 1.24 bits per heavy atom. The summed E-state index contributed by atoms with van der Waals surface area (Å²) in [6.07, 6.45) is 2.93. The molecule has 2 aliphatic heterocycles. The standard InChI is InChI=1S/C28H37FN4O4/c1-5-36-23-9-7-6-8-21(23)24-22(29)16-19(17-31-24)28(11-13-30-14-12-28)25(34)32-20-10-15-33(18-20)26(35)37-27(2,3)4/h6-9,16-17,20,30H,5,10-15,18H2,1-4H3,(H,32,34)/t20-/m1/s1. The molecule has 2 amide bonds. The topological polar surface area (TPSA) is 92.8 Å². The maximum absolute atomic E-state index is 15.5. The minimum Gasteiger partial charge on any atom is -0.493 e. The molecule has 1 atom stereocenters. The third kappa shape index (κ3) is 6.04. The zero-order valence-corrected chi connectivity index (χ0v) is 22.1. The van der Waals surface area contributed by atoms with Crippen molar-refractivity contribution in [2.24, 2.45) is 0 Å². The van der Waals surface area contributed by atoms with Crippen LogP contribution in [0.1, 0.15) is 52.5 Å². The first-order valence-electron chi connectivity index (χ1n) is 13.0. The second-order valence-corrected chi connectivity index (χ2v) is 10.7. The monoisotopic (exact) mass is 512 g/mol. The van der Waals surface area contributed by atoms with Gasteiger partial charge in [-0.2, -0.15) is 0 Å². The number of hydrogen-bond acceptors (Lipinski definition) is 6. The molecule has 0 spiro atoms. The molecule has 2 saturated heterocycles. The number of halogens is 1. The smallest absolute Gasteiger partial charge is 0.410 e. The van der Waals surface area contributed by atoms with Crippen LogP contribution in [0.25, 0.3) is 11.3 Å². The summed E-state index contributed by atoms with van der Waals surface area (Å²) >= 11 is 0. The Bertz CT molecular complexity index is 1130. The first kappa shape index (κ1) is 26.9. The number of carbonyl (C=O) groups is 2. The lowest BCUT2D eigenvalue weighted by Crippen LogP contribution is -2.53. The first-order chi connectivity index (χ1) is 17.6. The van der Waals surface area contributed by atoms with Gasteiger partial charge >= 0.3 is 6.09 Å². The van der Waals surface area contributed by atoms with Gasteiger partial charge in [0, 0.05) is 30.9 Å². The molecule has 0 unspecified atom stereocenters. The van der Waals surface area contributed by atoms with Crippen molar-refractivity contribution in [2.45, 2.75) is 64.0 Å². The van der Waals surface area contributed by atoms with Crippen LogP contribution in [0, 0.1) is 5.82 Å². The molecule has 200 valence electrons. The molecule has 9 heteroatoms. The van der Waals surface area contributed by atoms with Crippen molar-refractivity contribution in [3.8, 4) is 17.0 Å². The van der Waals surface area contributed by atoms with E-state index >= 15 is 4.39 Å². The van der Waals surface area contributed by atoms with Crippen LogP contribution < -0.4 is 15.4 Å². The van der Waals surface area contributed by atoms with Crippen molar-refractivity contribution in [2.75, 3.05) is 32.8 Å². The van der Waals surface area contributed by atoms with E-state index in [0.29, 0.717) is 68.9 Å². The molecule has 0 saturated carbocycles. The van der Waals surface area contributed by atoms with Crippen molar-refractivity contribution in [3.63, 3.8) is 0 Å². The van der Waals surface area contributed by atoms with Crippen LogP contribution in [0.5, 0.6) is 5.75 Å². The number of carbonyl (C=O) groups excluding carboxylic acids is 2. The van der Waals surface area contributed by atoms with Gasteiger partial charge in [0.2, 0.25) is 5.91 Å². The summed E-state index contributed by atoms with van der Waals surface area (Å²) < 4.78 is 26.6. The SMILES string of the molecule is CCOc1ccccc1-c1ncc(C2(C(=O)N[C@@H]3CCN(C(=O)OC(C)(C)C)C3)CCNCC2)cc1F. The number of likely N-dealkylation sites (tertiary alicyclic amines) is 1. The summed E-state index contributed by atoms with van der Waals surface area (Å²) in [7, 11) is 0. The van der Waals surface area contributed by atoms with Gasteiger partial charge in [0.05, 0.1) is 12.0 Å². The molecule has 2 N–H and O–H groups in total. The van der Waals surface area contributed by atoms with E-state index in [0.717, 1.165) is 0 Å². The number of nitrogens with one attached hydrogen (secondary N) is 2. The third-order valence-electron chi connectivity index (χ3n) is 6.90. The molecule has 0 aliphatic carbocycles. The number of nitrogens with zero attached hydrogens (tertiary/aromatic N) is 2. The predicted molar refractivity (Wildman–Crippen MR) is 139 cm³/mol. The average Bonchev–Trinajstić information content (AvgIpc) is 3.33. The van der Waals surface area contributed by atoms with Gasteiger partial charge in [-0.25, -0.2) is 9.18 Å². The van der Waals surface area contributed by atoms with Crippen molar-refractivity contribution < 1.29 is 23.5 Å². The molecule has 3 heterocycles. The maximum atomic E-state index is 15.5. The number of ether oxygens (including phenoxy) is 2. The van der Waals surface area contributed by atoms with Crippen LogP contribution in [-0.2, 0) is 14.9 Å². The largest absolute Gasteiger partial charge is 0.493 e. The number of pyridine rings is 1. The van der Waals surface area contributed by atoms with E-state index in [4.69, 9.17) is 9.47 Å². The summed E-state index contributed by atoms with van der Waals surface area (Å²) in [6.45, 7) is 9.99. The lowest BCUT2D eigenvalue weighted by Gasteiger charge is -2.37. The van der Waals surface area contributed by atoms with Crippen molar-refractivity contribution in [1.29, 1.82) is 0 Å². The van der Waals surface area contributed by atoms with Gasteiger partial charge < -0.3 is 25.0 Å². The normalized spacial score (nSPS) is 19.4. The van der Waals surface area contributed by atoms with Gasteiger partial charge in [0.15, 0.2) is 0 Å². The van der Waals surface area contributed by atoms with Gasteiger partial charge in [-0.1, -0.05) is 12.1 Å². The van der Waals surface area contributed by atoms with Crippen molar-refractivity contribution >= 4 is 12.0 Å². The molecule has 2 aliphatic rings. The molecular formula is C28H37FN4O4. The molecule has 2 fully saturated rings. The number of hydrogen-bond donors (Lipinski definition) is 2. The number of piperidine rings is 1. The number of aromatic nitrogens is 1. The molecule has 1 aromatic carbocycles. The van der Waals surface area contributed by atoms with E-state index in [9.17, 15) is 9.59 Å². The van der Waals surface area contributed by atoms with E-state index in [1.807, 2.05) is 39.8 Å². The fourth-order valence-electron chi connectivity index (χ4n) is 5.04. The number of para-hydroxylation sites is 1. The average molecular weight is 513 g/mol. The van der Waals surface area contributed by atoms with E-state index in [2.05, 4.69) is 15.6 Å².